The standard InChI is InChI=1S/C22H15ClN2O2/c1-14(26)17-11-21(22(27)15-7-3-2-4-8-15)25-13-24-19(12-20(17)25)16-9-5-6-10-18(16)23/h2-13H,1H3. The van der Waals surface area contributed by atoms with E-state index in [9.17, 15) is 9.59 Å². The molecule has 0 aliphatic heterocycles. The molecule has 4 nitrogen and oxygen atoms in total. The van der Waals surface area contributed by atoms with Crippen molar-refractivity contribution >= 4 is 28.7 Å². The van der Waals surface area contributed by atoms with Crippen molar-refractivity contribution in [1.29, 1.82) is 0 Å². The molecule has 4 rings (SSSR count). The number of aromatic nitrogens is 2. The van der Waals surface area contributed by atoms with Crippen LogP contribution in [0, 0.1) is 0 Å². The molecule has 0 saturated heterocycles. The van der Waals surface area contributed by atoms with Crippen LogP contribution in [0.5, 0.6) is 0 Å². The smallest absolute Gasteiger partial charge is 0.209 e. The minimum Gasteiger partial charge on any atom is -0.296 e. The third-order valence-electron chi connectivity index (χ3n) is 4.46. The fourth-order valence-corrected chi connectivity index (χ4v) is 3.34. The summed E-state index contributed by atoms with van der Waals surface area (Å²) in [5.74, 6) is -0.277. The van der Waals surface area contributed by atoms with Crippen molar-refractivity contribution in [2.24, 2.45) is 0 Å². The third-order valence-corrected chi connectivity index (χ3v) is 4.79. The van der Waals surface area contributed by atoms with Crippen LogP contribution in [-0.4, -0.2) is 21.0 Å². The quantitative estimate of drug-likeness (QED) is 0.467. The number of hydrogen-bond acceptors (Lipinski definition) is 3. The highest BCUT2D eigenvalue weighted by molar-refractivity contribution is 6.33. The number of carbonyl (C=O) groups is 2. The summed E-state index contributed by atoms with van der Waals surface area (Å²) in [5.41, 5.74) is 3.49. The van der Waals surface area contributed by atoms with Gasteiger partial charge in [-0.3, -0.25) is 14.0 Å². The lowest BCUT2D eigenvalue weighted by Crippen LogP contribution is -2.05. The Labute approximate surface area is 161 Å². The van der Waals surface area contributed by atoms with E-state index in [0.717, 1.165) is 5.56 Å². The van der Waals surface area contributed by atoms with E-state index in [4.69, 9.17) is 11.6 Å². The van der Waals surface area contributed by atoms with E-state index < -0.39 is 0 Å². The molecule has 2 aromatic heterocycles. The Kier molecular flexibility index (Phi) is 4.34. The summed E-state index contributed by atoms with van der Waals surface area (Å²) in [4.78, 5) is 29.6. The normalized spacial score (nSPS) is 10.9. The predicted octanol–water partition coefficient (Wildman–Crippen LogP) is 5.09. The topological polar surface area (TPSA) is 51.4 Å². The first-order valence-electron chi connectivity index (χ1n) is 8.43. The van der Waals surface area contributed by atoms with Gasteiger partial charge in [0, 0.05) is 21.7 Å². The summed E-state index contributed by atoms with van der Waals surface area (Å²) in [6.07, 6.45) is 1.57. The molecule has 5 heteroatoms. The number of nitrogens with zero attached hydrogens (tertiary/aromatic N) is 2. The second-order valence-corrected chi connectivity index (χ2v) is 6.61. The lowest BCUT2D eigenvalue weighted by atomic mass is 10.1. The van der Waals surface area contributed by atoms with Gasteiger partial charge in [-0.2, -0.15) is 0 Å². The van der Waals surface area contributed by atoms with Crippen LogP contribution in [0.4, 0.5) is 0 Å². The first kappa shape index (κ1) is 17.2. The van der Waals surface area contributed by atoms with Crippen LogP contribution >= 0.6 is 11.6 Å². The number of halogens is 1. The summed E-state index contributed by atoms with van der Waals surface area (Å²) in [6, 6.07) is 19.8. The van der Waals surface area contributed by atoms with E-state index >= 15 is 0 Å². The van der Waals surface area contributed by atoms with Crippen LogP contribution in [0.2, 0.25) is 5.02 Å². The Balaban J connectivity index is 1.92. The molecule has 0 bridgehead atoms. The molecule has 27 heavy (non-hydrogen) atoms. The summed E-state index contributed by atoms with van der Waals surface area (Å²) in [5, 5.41) is 0.575. The van der Waals surface area contributed by atoms with Crippen LogP contribution in [0.25, 0.3) is 16.8 Å². The molecule has 0 fully saturated rings. The van der Waals surface area contributed by atoms with Crippen molar-refractivity contribution in [2.75, 3.05) is 0 Å². The third kappa shape index (κ3) is 3.04. The maximum Gasteiger partial charge on any atom is 0.209 e. The molecule has 132 valence electrons. The lowest BCUT2D eigenvalue weighted by molar-refractivity contribution is 0.101. The number of fused-ring (bicyclic) bond motifs is 1. The Morgan fingerprint density at radius 3 is 2.37 bits per heavy atom. The highest BCUT2D eigenvalue weighted by atomic mass is 35.5. The van der Waals surface area contributed by atoms with Crippen molar-refractivity contribution in [3.05, 3.63) is 94.9 Å². The number of rotatable bonds is 4. The summed E-state index contributed by atoms with van der Waals surface area (Å²) >= 11 is 6.28. The average Bonchev–Trinajstić information content (AvgIpc) is 3.07. The molecule has 4 aromatic rings. The predicted molar refractivity (Wildman–Crippen MR) is 106 cm³/mol. The van der Waals surface area contributed by atoms with E-state index in [1.165, 1.54) is 6.92 Å². The fourth-order valence-electron chi connectivity index (χ4n) is 3.11. The van der Waals surface area contributed by atoms with Gasteiger partial charge in [0.05, 0.1) is 16.9 Å². The zero-order chi connectivity index (χ0) is 19.0. The van der Waals surface area contributed by atoms with Crippen molar-refractivity contribution in [3.63, 3.8) is 0 Å². The van der Waals surface area contributed by atoms with Crippen LogP contribution in [0.15, 0.2) is 73.1 Å². The minimum atomic E-state index is -0.162. The molecule has 2 aromatic carbocycles. The number of hydrogen-bond donors (Lipinski definition) is 0. The summed E-state index contributed by atoms with van der Waals surface area (Å²) in [6.45, 7) is 1.49. The Morgan fingerprint density at radius 2 is 1.67 bits per heavy atom. The van der Waals surface area contributed by atoms with Gasteiger partial charge in [0.2, 0.25) is 5.78 Å². The molecule has 0 amide bonds. The van der Waals surface area contributed by atoms with Crippen LogP contribution < -0.4 is 0 Å². The Bertz CT molecular complexity index is 1180. The Morgan fingerprint density at radius 1 is 0.963 bits per heavy atom. The van der Waals surface area contributed by atoms with E-state index in [-0.39, 0.29) is 11.6 Å². The molecule has 0 aliphatic carbocycles. The highest BCUT2D eigenvalue weighted by Gasteiger charge is 2.20. The Hall–Kier alpha value is -3.24. The second kappa shape index (κ2) is 6.82. The number of ketones is 2. The second-order valence-electron chi connectivity index (χ2n) is 6.20. The molecule has 0 radical (unpaired) electrons. The van der Waals surface area contributed by atoms with E-state index in [0.29, 0.717) is 33.1 Å². The van der Waals surface area contributed by atoms with Crippen molar-refractivity contribution in [2.45, 2.75) is 6.92 Å². The van der Waals surface area contributed by atoms with Crippen LogP contribution in [0.3, 0.4) is 0 Å². The van der Waals surface area contributed by atoms with Gasteiger partial charge in [-0.05, 0) is 25.1 Å². The van der Waals surface area contributed by atoms with Crippen molar-refractivity contribution in [3.8, 4) is 11.3 Å². The van der Waals surface area contributed by atoms with E-state index in [1.807, 2.05) is 36.4 Å². The fraction of sp³-hybridized carbons (Fsp3) is 0.0455. The molecule has 0 unspecified atom stereocenters. The van der Waals surface area contributed by atoms with Gasteiger partial charge in [0.1, 0.15) is 6.33 Å². The van der Waals surface area contributed by atoms with Gasteiger partial charge >= 0.3 is 0 Å². The monoisotopic (exact) mass is 374 g/mol. The molecule has 0 N–H and O–H groups in total. The minimum absolute atomic E-state index is 0.115. The molecule has 2 heterocycles. The molecular formula is C22H15ClN2O2. The number of benzene rings is 2. The first-order valence-corrected chi connectivity index (χ1v) is 8.81. The maximum absolute atomic E-state index is 12.9. The van der Waals surface area contributed by atoms with Gasteiger partial charge in [-0.15, -0.1) is 0 Å². The summed E-state index contributed by atoms with van der Waals surface area (Å²) < 4.78 is 1.66. The number of Topliss-reactive ketones (excluding diaryl/α,β-unsaturated/α-hetero) is 1. The SMILES string of the molecule is CC(=O)c1cc(C(=O)c2ccccc2)n2cnc(-c3ccccc3Cl)cc12. The van der Waals surface area contributed by atoms with Gasteiger partial charge in [-0.25, -0.2) is 4.98 Å². The molecule has 0 aliphatic rings. The molecular weight excluding hydrogens is 360 g/mol. The highest BCUT2D eigenvalue weighted by Crippen LogP contribution is 2.29. The van der Waals surface area contributed by atoms with Gasteiger partial charge in [0.25, 0.3) is 0 Å². The van der Waals surface area contributed by atoms with E-state index in [1.54, 1.807) is 41.1 Å². The largest absolute Gasteiger partial charge is 0.296 e. The molecule has 0 saturated carbocycles. The molecule has 0 atom stereocenters. The summed E-state index contributed by atoms with van der Waals surface area (Å²) in [7, 11) is 0. The maximum atomic E-state index is 12.9. The first-order chi connectivity index (χ1) is 13.1. The van der Waals surface area contributed by atoms with Crippen LogP contribution in [-0.2, 0) is 0 Å². The zero-order valence-corrected chi connectivity index (χ0v) is 15.3. The van der Waals surface area contributed by atoms with Gasteiger partial charge in [-0.1, -0.05) is 60.1 Å². The van der Waals surface area contributed by atoms with Gasteiger partial charge in [0.15, 0.2) is 5.78 Å². The van der Waals surface area contributed by atoms with Gasteiger partial charge < -0.3 is 0 Å². The molecule has 0 spiro atoms. The average molecular weight is 375 g/mol. The number of carbonyl (C=O) groups excluding carboxylic acids is 2. The van der Waals surface area contributed by atoms with E-state index in [2.05, 4.69) is 4.98 Å². The lowest BCUT2D eigenvalue weighted by Gasteiger charge is -2.06. The van der Waals surface area contributed by atoms with Crippen molar-refractivity contribution < 1.29 is 9.59 Å². The van der Waals surface area contributed by atoms with Crippen LogP contribution in [0.1, 0.15) is 33.3 Å². The van der Waals surface area contributed by atoms with Crippen molar-refractivity contribution in [1.82, 2.24) is 9.38 Å². The zero-order valence-electron chi connectivity index (χ0n) is 14.5.